The number of unbranched alkanes of at least 4 members (excludes halogenated alkanes) is 1. The summed E-state index contributed by atoms with van der Waals surface area (Å²) in [6, 6.07) is 7.48. The number of hydrogen-bond donors (Lipinski definition) is 1. The van der Waals surface area contributed by atoms with E-state index in [4.69, 9.17) is 14.5 Å². The summed E-state index contributed by atoms with van der Waals surface area (Å²) in [6.07, 6.45) is 13.5. The van der Waals surface area contributed by atoms with E-state index in [1.807, 2.05) is 17.0 Å². The number of likely N-dealkylation sites (tertiary alicyclic amines) is 1. The maximum atomic E-state index is 12.4. The Morgan fingerprint density at radius 3 is 2.92 bits per heavy atom. The summed E-state index contributed by atoms with van der Waals surface area (Å²) >= 11 is 0. The zero-order valence-electron chi connectivity index (χ0n) is 21.2. The predicted molar refractivity (Wildman–Crippen MR) is 137 cm³/mol. The van der Waals surface area contributed by atoms with Crippen molar-refractivity contribution in [1.29, 1.82) is 0 Å². The molecule has 2 aromatic heterocycles. The quantitative estimate of drug-likeness (QED) is 0.474. The lowest BCUT2D eigenvalue weighted by Crippen LogP contribution is -2.35. The second kappa shape index (κ2) is 12.3. The van der Waals surface area contributed by atoms with Crippen molar-refractivity contribution < 1.29 is 19.4 Å². The van der Waals surface area contributed by atoms with E-state index < -0.39 is 12.0 Å². The van der Waals surface area contributed by atoms with Crippen LogP contribution in [-0.4, -0.2) is 58.4 Å². The van der Waals surface area contributed by atoms with E-state index in [9.17, 15) is 9.90 Å². The molecule has 36 heavy (non-hydrogen) atoms. The molecule has 5 rings (SSSR count). The van der Waals surface area contributed by atoms with E-state index in [0.717, 1.165) is 62.6 Å². The molecule has 4 heterocycles. The number of aromatic nitrogens is 2. The molecule has 2 aromatic rings. The zero-order valence-corrected chi connectivity index (χ0v) is 21.2. The molecule has 194 valence electrons. The standard InChI is InChI=1S/C29H39N3O4/c33-29(34)28(24-10-7-16-30-27(24)26-12-4-6-19-36-26)32-17-15-23(20-32)35-18-5-3-9-22-14-13-21-8-1-2-11-25(21)31-22/h7,10,13-14,16,23,26,28H,1-6,8-9,11-12,15,17-20H2,(H,33,34)/t23-,26?,28?/m1/s1. The Labute approximate surface area is 214 Å². The lowest BCUT2D eigenvalue weighted by molar-refractivity contribution is -0.143. The number of carboxylic acid groups (broad SMARTS) is 1. The van der Waals surface area contributed by atoms with Crippen LogP contribution in [0.4, 0.5) is 0 Å². The van der Waals surface area contributed by atoms with Gasteiger partial charge in [-0.3, -0.25) is 19.7 Å². The van der Waals surface area contributed by atoms with Gasteiger partial charge in [0.15, 0.2) is 0 Å². The molecule has 2 fully saturated rings. The molecule has 3 atom stereocenters. The Morgan fingerprint density at radius 2 is 2.06 bits per heavy atom. The fraction of sp³-hybridized carbons (Fsp3) is 0.621. The van der Waals surface area contributed by atoms with Crippen molar-refractivity contribution in [1.82, 2.24) is 14.9 Å². The fourth-order valence-electron chi connectivity index (χ4n) is 5.92. The first-order valence-electron chi connectivity index (χ1n) is 13.8. The van der Waals surface area contributed by atoms with Gasteiger partial charge in [-0.05, 0) is 88.3 Å². The van der Waals surface area contributed by atoms with Gasteiger partial charge < -0.3 is 14.6 Å². The molecule has 1 N–H and O–H groups in total. The largest absolute Gasteiger partial charge is 0.480 e. The number of aliphatic carboxylic acids is 1. The summed E-state index contributed by atoms with van der Waals surface area (Å²) < 4.78 is 12.1. The number of carbonyl (C=O) groups is 1. The van der Waals surface area contributed by atoms with Crippen LogP contribution in [0.15, 0.2) is 30.5 Å². The van der Waals surface area contributed by atoms with Crippen LogP contribution in [0.1, 0.15) is 91.7 Å². The molecule has 0 saturated carbocycles. The molecule has 0 radical (unpaired) electrons. The van der Waals surface area contributed by atoms with Crippen molar-refractivity contribution >= 4 is 5.97 Å². The minimum atomic E-state index is -0.835. The molecule has 2 aliphatic heterocycles. The molecule has 0 aromatic carbocycles. The van der Waals surface area contributed by atoms with Crippen molar-refractivity contribution in [2.75, 3.05) is 26.3 Å². The maximum Gasteiger partial charge on any atom is 0.325 e. The maximum absolute atomic E-state index is 12.4. The molecule has 2 saturated heterocycles. The van der Waals surface area contributed by atoms with E-state index in [0.29, 0.717) is 26.3 Å². The summed E-state index contributed by atoms with van der Waals surface area (Å²) in [7, 11) is 0. The highest BCUT2D eigenvalue weighted by molar-refractivity contribution is 5.76. The molecular weight excluding hydrogens is 454 g/mol. The summed E-state index contributed by atoms with van der Waals surface area (Å²) in [6.45, 7) is 2.75. The summed E-state index contributed by atoms with van der Waals surface area (Å²) in [5.74, 6) is -0.835. The number of nitrogens with zero attached hydrogens (tertiary/aromatic N) is 3. The van der Waals surface area contributed by atoms with Crippen LogP contribution in [-0.2, 0) is 33.5 Å². The summed E-state index contributed by atoms with van der Waals surface area (Å²) in [5.41, 5.74) is 5.48. The van der Waals surface area contributed by atoms with Gasteiger partial charge in [-0.25, -0.2) is 0 Å². The number of carboxylic acids is 1. The minimum Gasteiger partial charge on any atom is -0.480 e. The van der Waals surface area contributed by atoms with Crippen molar-refractivity contribution in [3.8, 4) is 0 Å². The van der Waals surface area contributed by atoms with Crippen LogP contribution in [0, 0.1) is 0 Å². The number of fused-ring (bicyclic) bond motifs is 1. The zero-order chi connectivity index (χ0) is 24.7. The number of pyridine rings is 2. The first kappa shape index (κ1) is 25.3. The highest BCUT2D eigenvalue weighted by atomic mass is 16.5. The van der Waals surface area contributed by atoms with Gasteiger partial charge in [-0.15, -0.1) is 0 Å². The molecule has 1 aliphatic carbocycles. The highest BCUT2D eigenvalue weighted by Crippen LogP contribution is 2.35. The third-order valence-corrected chi connectivity index (χ3v) is 7.84. The Hall–Kier alpha value is -2.35. The van der Waals surface area contributed by atoms with E-state index in [1.165, 1.54) is 36.2 Å². The van der Waals surface area contributed by atoms with Crippen LogP contribution in [0.2, 0.25) is 0 Å². The molecule has 0 spiro atoms. The molecule has 0 bridgehead atoms. The van der Waals surface area contributed by atoms with Crippen molar-refractivity contribution in [3.63, 3.8) is 0 Å². The van der Waals surface area contributed by atoms with Gasteiger partial charge in [-0.2, -0.15) is 0 Å². The summed E-state index contributed by atoms with van der Waals surface area (Å²) in [4.78, 5) is 23.9. The summed E-state index contributed by atoms with van der Waals surface area (Å²) in [5, 5.41) is 10.2. The second-order valence-corrected chi connectivity index (χ2v) is 10.4. The SMILES string of the molecule is O=C(O)C(c1cccnc1C1CCCCO1)N1CC[C@@H](OCCCCc2ccc3c(n2)CCCC3)C1. The average Bonchev–Trinajstić information content (AvgIpc) is 3.37. The molecule has 2 unspecified atom stereocenters. The molecule has 0 amide bonds. The molecule has 3 aliphatic rings. The van der Waals surface area contributed by atoms with Crippen molar-refractivity contribution in [3.05, 3.63) is 58.7 Å². The van der Waals surface area contributed by atoms with Gasteiger partial charge in [0.25, 0.3) is 0 Å². The Bertz CT molecular complexity index is 1020. The fourth-order valence-corrected chi connectivity index (χ4v) is 5.92. The monoisotopic (exact) mass is 493 g/mol. The average molecular weight is 494 g/mol. The highest BCUT2D eigenvalue weighted by Gasteiger charge is 2.37. The molecular formula is C29H39N3O4. The lowest BCUT2D eigenvalue weighted by atomic mass is 9.95. The van der Waals surface area contributed by atoms with Crippen molar-refractivity contribution in [2.45, 2.75) is 88.9 Å². The Kier molecular flexibility index (Phi) is 8.62. The number of rotatable bonds is 10. The van der Waals surface area contributed by atoms with Gasteiger partial charge in [0.2, 0.25) is 0 Å². The lowest BCUT2D eigenvalue weighted by Gasteiger charge is -2.29. The third kappa shape index (κ3) is 6.13. The molecule has 7 nitrogen and oxygen atoms in total. The number of ether oxygens (including phenoxy) is 2. The normalized spacial score (nSPS) is 23.3. The van der Waals surface area contributed by atoms with Gasteiger partial charge in [-0.1, -0.05) is 12.1 Å². The smallest absolute Gasteiger partial charge is 0.325 e. The number of aryl methyl sites for hydroxylation is 3. The van der Waals surface area contributed by atoms with Crippen LogP contribution in [0.3, 0.4) is 0 Å². The van der Waals surface area contributed by atoms with Crippen molar-refractivity contribution in [2.24, 2.45) is 0 Å². The number of hydrogen-bond acceptors (Lipinski definition) is 6. The Morgan fingerprint density at radius 1 is 1.14 bits per heavy atom. The first-order valence-corrected chi connectivity index (χ1v) is 13.8. The van der Waals surface area contributed by atoms with Gasteiger partial charge in [0, 0.05) is 49.5 Å². The van der Waals surface area contributed by atoms with E-state index in [1.54, 1.807) is 6.20 Å². The van der Waals surface area contributed by atoms with E-state index >= 15 is 0 Å². The third-order valence-electron chi connectivity index (χ3n) is 7.84. The van der Waals surface area contributed by atoms with Crippen LogP contribution in [0.5, 0.6) is 0 Å². The molecule has 7 heteroatoms. The predicted octanol–water partition coefficient (Wildman–Crippen LogP) is 4.84. The van der Waals surface area contributed by atoms with Gasteiger partial charge in [0.1, 0.15) is 6.04 Å². The van der Waals surface area contributed by atoms with E-state index in [-0.39, 0.29) is 12.2 Å². The van der Waals surface area contributed by atoms with Crippen LogP contribution in [0.25, 0.3) is 0 Å². The van der Waals surface area contributed by atoms with Gasteiger partial charge >= 0.3 is 5.97 Å². The van der Waals surface area contributed by atoms with E-state index in [2.05, 4.69) is 17.1 Å². The van der Waals surface area contributed by atoms with Crippen LogP contribution < -0.4 is 0 Å². The Balaban J connectivity index is 1.11. The topological polar surface area (TPSA) is 84.8 Å². The van der Waals surface area contributed by atoms with Gasteiger partial charge in [0.05, 0.1) is 17.9 Å². The first-order chi connectivity index (χ1) is 17.7. The van der Waals surface area contributed by atoms with Crippen LogP contribution >= 0.6 is 0 Å². The second-order valence-electron chi connectivity index (χ2n) is 10.4. The minimum absolute atomic E-state index is 0.0692.